The molecule has 0 amide bonds. The standard InChI is InChI=1S/C10H13NO4S/c12-4-1-5-16-10-3-2-9(11(14)15)6-8(10)7-13/h2-3,6,12-13H,1,4-5,7H2. The summed E-state index contributed by atoms with van der Waals surface area (Å²) < 4.78 is 0. The van der Waals surface area contributed by atoms with Gasteiger partial charge >= 0.3 is 0 Å². The summed E-state index contributed by atoms with van der Waals surface area (Å²) in [6.07, 6.45) is 0.659. The van der Waals surface area contributed by atoms with Gasteiger partial charge in [-0.05, 0) is 18.1 Å². The lowest BCUT2D eigenvalue weighted by molar-refractivity contribution is -0.385. The lowest BCUT2D eigenvalue weighted by Gasteiger charge is -2.06. The Morgan fingerprint density at radius 2 is 2.12 bits per heavy atom. The summed E-state index contributed by atoms with van der Waals surface area (Å²) in [6, 6.07) is 4.42. The molecule has 6 heteroatoms. The van der Waals surface area contributed by atoms with Gasteiger partial charge in [0.1, 0.15) is 0 Å². The quantitative estimate of drug-likeness (QED) is 0.343. The maximum absolute atomic E-state index is 10.5. The van der Waals surface area contributed by atoms with Gasteiger partial charge in [0, 0.05) is 29.4 Å². The molecule has 1 aromatic rings. The number of aliphatic hydroxyl groups is 2. The molecular weight excluding hydrogens is 230 g/mol. The Balaban J connectivity index is 2.80. The van der Waals surface area contributed by atoms with Gasteiger partial charge in [-0.1, -0.05) is 0 Å². The van der Waals surface area contributed by atoms with E-state index in [0.717, 1.165) is 10.6 Å². The van der Waals surface area contributed by atoms with Crippen LogP contribution < -0.4 is 0 Å². The van der Waals surface area contributed by atoms with Gasteiger partial charge in [0.2, 0.25) is 0 Å². The number of rotatable bonds is 6. The molecule has 0 saturated carbocycles. The van der Waals surface area contributed by atoms with Gasteiger partial charge in [0.05, 0.1) is 11.5 Å². The topological polar surface area (TPSA) is 83.6 Å². The molecule has 5 nitrogen and oxygen atoms in total. The first kappa shape index (κ1) is 13.0. The predicted molar refractivity (Wildman–Crippen MR) is 61.4 cm³/mol. The van der Waals surface area contributed by atoms with Crippen LogP contribution in [0.2, 0.25) is 0 Å². The number of aliphatic hydroxyl groups excluding tert-OH is 2. The first-order valence-corrected chi connectivity index (χ1v) is 5.79. The summed E-state index contributed by atoms with van der Waals surface area (Å²) in [6.45, 7) is -0.0996. The highest BCUT2D eigenvalue weighted by molar-refractivity contribution is 7.99. The zero-order valence-electron chi connectivity index (χ0n) is 8.63. The Kier molecular flexibility index (Phi) is 5.24. The molecule has 0 heterocycles. The highest BCUT2D eigenvalue weighted by Gasteiger charge is 2.10. The van der Waals surface area contributed by atoms with Crippen molar-refractivity contribution in [1.29, 1.82) is 0 Å². The Hall–Kier alpha value is -1.11. The number of hydrogen-bond acceptors (Lipinski definition) is 5. The van der Waals surface area contributed by atoms with Crippen LogP contribution in [0.3, 0.4) is 0 Å². The lowest BCUT2D eigenvalue weighted by atomic mass is 10.2. The van der Waals surface area contributed by atoms with Crippen LogP contribution in [-0.2, 0) is 6.61 Å². The number of non-ortho nitro benzene ring substituents is 1. The van der Waals surface area contributed by atoms with Gasteiger partial charge in [-0.15, -0.1) is 11.8 Å². The fourth-order valence-corrected chi connectivity index (χ4v) is 2.16. The minimum absolute atomic E-state index is 0.0180. The SMILES string of the molecule is O=[N+]([O-])c1ccc(SCCCO)c(CO)c1. The molecule has 0 radical (unpaired) electrons. The largest absolute Gasteiger partial charge is 0.396 e. The van der Waals surface area contributed by atoms with Gasteiger partial charge < -0.3 is 10.2 Å². The molecule has 0 unspecified atom stereocenters. The van der Waals surface area contributed by atoms with Crippen LogP contribution in [0.25, 0.3) is 0 Å². The second-order valence-corrected chi connectivity index (χ2v) is 4.27. The van der Waals surface area contributed by atoms with Crippen molar-refractivity contribution in [1.82, 2.24) is 0 Å². The fourth-order valence-electron chi connectivity index (χ4n) is 1.19. The van der Waals surface area contributed by atoms with Crippen molar-refractivity contribution in [3.8, 4) is 0 Å². The smallest absolute Gasteiger partial charge is 0.269 e. The third-order valence-corrected chi connectivity index (χ3v) is 3.19. The summed E-state index contributed by atoms with van der Waals surface area (Å²) in [5.74, 6) is 0.724. The highest BCUT2D eigenvalue weighted by atomic mass is 32.2. The van der Waals surface area contributed by atoms with Gasteiger partial charge in [0.15, 0.2) is 0 Å². The molecule has 0 saturated heterocycles. The number of nitro groups is 1. The van der Waals surface area contributed by atoms with E-state index in [0.29, 0.717) is 12.0 Å². The maximum Gasteiger partial charge on any atom is 0.269 e. The van der Waals surface area contributed by atoms with Crippen molar-refractivity contribution in [2.24, 2.45) is 0 Å². The first-order chi connectivity index (χ1) is 7.69. The van der Waals surface area contributed by atoms with E-state index in [4.69, 9.17) is 10.2 Å². The summed E-state index contributed by atoms with van der Waals surface area (Å²) in [4.78, 5) is 10.9. The Morgan fingerprint density at radius 1 is 1.38 bits per heavy atom. The molecule has 1 aromatic carbocycles. The van der Waals surface area contributed by atoms with Crippen molar-refractivity contribution >= 4 is 17.4 Å². The van der Waals surface area contributed by atoms with E-state index in [1.165, 1.54) is 23.9 Å². The monoisotopic (exact) mass is 243 g/mol. The lowest BCUT2D eigenvalue weighted by Crippen LogP contribution is -1.94. The van der Waals surface area contributed by atoms with Crippen molar-refractivity contribution in [2.45, 2.75) is 17.9 Å². The molecule has 0 spiro atoms. The molecule has 0 bridgehead atoms. The van der Waals surface area contributed by atoms with Gasteiger partial charge in [-0.3, -0.25) is 10.1 Å². The number of benzene rings is 1. The van der Waals surface area contributed by atoms with Crippen LogP contribution in [-0.4, -0.2) is 27.5 Å². The number of thioether (sulfide) groups is 1. The van der Waals surface area contributed by atoms with Crippen LogP contribution >= 0.6 is 11.8 Å². The molecule has 0 fully saturated rings. The van der Waals surface area contributed by atoms with E-state index < -0.39 is 4.92 Å². The van der Waals surface area contributed by atoms with Crippen LogP contribution in [0.1, 0.15) is 12.0 Å². The predicted octanol–water partition coefficient (Wildman–Crippen LogP) is 1.56. The molecule has 16 heavy (non-hydrogen) atoms. The zero-order chi connectivity index (χ0) is 12.0. The minimum Gasteiger partial charge on any atom is -0.396 e. The van der Waals surface area contributed by atoms with Gasteiger partial charge in [-0.25, -0.2) is 0 Å². The molecule has 0 aliphatic carbocycles. The molecule has 1 rings (SSSR count). The zero-order valence-corrected chi connectivity index (χ0v) is 9.44. The van der Waals surface area contributed by atoms with E-state index in [1.807, 2.05) is 0 Å². The molecule has 0 aliphatic heterocycles. The van der Waals surface area contributed by atoms with Crippen molar-refractivity contribution in [2.75, 3.05) is 12.4 Å². The highest BCUT2D eigenvalue weighted by Crippen LogP contribution is 2.27. The Bertz CT molecular complexity index is 370. The number of nitro benzene ring substituents is 1. The fraction of sp³-hybridized carbons (Fsp3) is 0.400. The first-order valence-electron chi connectivity index (χ1n) is 4.81. The molecule has 0 aliphatic rings. The van der Waals surface area contributed by atoms with Crippen LogP contribution in [0.5, 0.6) is 0 Å². The van der Waals surface area contributed by atoms with Crippen LogP contribution in [0.4, 0.5) is 5.69 Å². The van der Waals surface area contributed by atoms with Crippen molar-refractivity contribution in [3.05, 3.63) is 33.9 Å². The number of hydrogen-bond donors (Lipinski definition) is 2. The van der Waals surface area contributed by atoms with Crippen LogP contribution in [0, 0.1) is 10.1 Å². The molecule has 88 valence electrons. The van der Waals surface area contributed by atoms with Crippen molar-refractivity contribution < 1.29 is 15.1 Å². The van der Waals surface area contributed by atoms with Gasteiger partial charge in [0.25, 0.3) is 5.69 Å². The summed E-state index contributed by atoms with van der Waals surface area (Å²) in [7, 11) is 0. The van der Waals surface area contributed by atoms with E-state index in [-0.39, 0.29) is 18.9 Å². The molecule has 0 atom stereocenters. The summed E-state index contributed by atoms with van der Waals surface area (Å²) in [5, 5.41) is 28.3. The average molecular weight is 243 g/mol. The Morgan fingerprint density at radius 3 is 2.69 bits per heavy atom. The van der Waals surface area contributed by atoms with E-state index in [2.05, 4.69) is 0 Å². The molecule has 0 aromatic heterocycles. The Labute approximate surface area is 97.3 Å². The normalized spacial score (nSPS) is 10.4. The second kappa shape index (κ2) is 6.47. The molecular formula is C10H13NO4S. The number of nitrogens with zero attached hydrogens (tertiary/aromatic N) is 1. The third-order valence-electron chi connectivity index (χ3n) is 1.99. The summed E-state index contributed by atoms with van der Waals surface area (Å²) >= 11 is 1.47. The molecule has 2 N–H and O–H groups in total. The van der Waals surface area contributed by atoms with Crippen LogP contribution in [0.15, 0.2) is 23.1 Å². The van der Waals surface area contributed by atoms with Gasteiger partial charge in [-0.2, -0.15) is 0 Å². The van der Waals surface area contributed by atoms with E-state index in [9.17, 15) is 10.1 Å². The maximum atomic E-state index is 10.5. The third kappa shape index (κ3) is 3.48. The van der Waals surface area contributed by atoms with E-state index in [1.54, 1.807) is 6.07 Å². The minimum atomic E-state index is -0.485. The summed E-state index contributed by atoms with van der Waals surface area (Å²) in [5.41, 5.74) is 0.535. The van der Waals surface area contributed by atoms with Crippen molar-refractivity contribution in [3.63, 3.8) is 0 Å². The average Bonchev–Trinajstić information content (AvgIpc) is 2.29. The second-order valence-electron chi connectivity index (χ2n) is 3.13. The van der Waals surface area contributed by atoms with E-state index >= 15 is 0 Å².